The van der Waals surface area contributed by atoms with Crippen LogP contribution < -0.4 is 0 Å². The number of imide groups is 1. The van der Waals surface area contributed by atoms with Crippen LogP contribution in [-0.2, 0) is 23.3 Å². The standard InChI is InChI=1S/C22H20FN3O2/c1-22(2)19-15(14-8-4-6-10-17(14)24-19)11-18-20(27)25(21(28)26(18)22)12-13-7-3-5-9-16(13)23/h3-10,18,24H,11-12H2,1-2H3/t18-/m1/s1. The van der Waals surface area contributed by atoms with E-state index in [0.29, 0.717) is 12.0 Å². The summed E-state index contributed by atoms with van der Waals surface area (Å²) in [5, 5.41) is 1.08. The summed E-state index contributed by atoms with van der Waals surface area (Å²) in [6, 6.07) is 13.3. The third kappa shape index (κ3) is 2.17. The minimum atomic E-state index is -0.673. The number of carbonyl (C=O) groups is 2. The molecule has 0 saturated carbocycles. The van der Waals surface area contributed by atoms with E-state index in [1.165, 1.54) is 11.0 Å². The van der Waals surface area contributed by atoms with Gasteiger partial charge in [-0.05, 0) is 31.5 Å². The largest absolute Gasteiger partial charge is 0.356 e. The average Bonchev–Trinajstić information content (AvgIpc) is 3.16. The Morgan fingerprint density at radius 2 is 1.82 bits per heavy atom. The van der Waals surface area contributed by atoms with Gasteiger partial charge in [0.1, 0.15) is 11.9 Å². The van der Waals surface area contributed by atoms with E-state index in [1.54, 1.807) is 23.1 Å². The molecule has 0 radical (unpaired) electrons. The molecule has 5 rings (SSSR count). The van der Waals surface area contributed by atoms with Gasteiger partial charge in [0.25, 0.3) is 5.91 Å². The normalized spacial score (nSPS) is 20.6. The number of hydrogen-bond acceptors (Lipinski definition) is 2. The van der Waals surface area contributed by atoms with Crippen LogP contribution in [0.25, 0.3) is 10.9 Å². The number of nitrogens with one attached hydrogen (secondary N) is 1. The molecule has 1 N–H and O–H groups in total. The molecule has 1 saturated heterocycles. The van der Waals surface area contributed by atoms with Crippen LogP contribution in [-0.4, -0.2) is 32.8 Å². The van der Waals surface area contributed by atoms with Gasteiger partial charge in [0, 0.05) is 28.6 Å². The molecule has 0 unspecified atom stereocenters. The fourth-order valence-corrected chi connectivity index (χ4v) is 4.65. The van der Waals surface area contributed by atoms with Crippen molar-refractivity contribution in [2.45, 2.75) is 38.4 Å². The maximum atomic E-state index is 14.1. The minimum absolute atomic E-state index is 0.0535. The summed E-state index contributed by atoms with van der Waals surface area (Å²) < 4.78 is 14.1. The molecule has 2 aliphatic rings. The molecule has 2 aromatic carbocycles. The maximum Gasteiger partial charge on any atom is 0.328 e. The van der Waals surface area contributed by atoms with Crippen molar-refractivity contribution in [1.29, 1.82) is 0 Å². The van der Waals surface area contributed by atoms with E-state index < -0.39 is 17.4 Å². The molecule has 3 aromatic rings. The Morgan fingerprint density at radius 3 is 2.61 bits per heavy atom. The minimum Gasteiger partial charge on any atom is -0.356 e. The average molecular weight is 377 g/mol. The Bertz CT molecular complexity index is 1130. The Hall–Kier alpha value is -3.15. The molecular formula is C22H20FN3O2. The van der Waals surface area contributed by atoms with Gasteiger partial charge in [0.15, 0.2) is 0 Å². The number of aromatic nitrogens is 1. The van der Waals surface area contributed by atoms with Crippen molar-refractivity contribution in [3.8, 4) is 0 Å². The molecule has 142 valence electrons. The van der Waals surface area contributed by atoms with Crippen molar-refractivity contribution in [3.63, 3.8) is 0 Å². The number of H-pyrrole nitrogens is 1. The quantitative estimate of drug-likeness (QED) is 0.688. The third-order valence-electron chi connectivity index (χ3n) is 6.01. The monoisotopic (exact) mass is 377 g/mol. The summed E-state index contributed by atoms with van der Waals surface area (Å²) in [6.07, 6.45) is 0.459. The van der Waals surface area contributed by atoms with Crippen LogP contribution in [0.5, 0.6) is 0 Å². The van der Waals surface area contributed by atoms with E-state index >= 15 is 0 Å². The lowest BCUT2D eigenvalue weighted by Gasteiger charge is -2.42. The van der Waals surface area contributed by atoms with Crippen LogP contribution >= 0.6 is 0 Å². The zero-order valence-electron chi connectivity index (χ0n) is 15.7. The van der Waals surface area contributed by atoms with Crippen molar-refractivity contribution in [2.24, 2.45) is 0 Å². The number of hydrogen-bond donors (Lipinski definition) is 1. The van der Waals surface area contributed by atoms with Crippen molar-refractivity contribution >= 4 is 22.8 Å². The number of nitrogens with zero attached hydrogens (tertiary/aromatic N) is 2. The number of carbonyl (C=O) groups excluding carboxylic acids is 2. The van der Waals surface area contributed by atoms with Crippen molar-refractivity contribution in [1.82, 2.24) is 14.8 Å². The van der Waals surface area contributed by atoms with Gasteiger partial charge in [0.2, 0.25) is 0 Å². The van der Waals surface area contributed by atoms with Crippen LogP contribution in [0.1, 0.15) is 30.7 Å². The van der Waals surface area contributed by atoms with Gasteiger partial charge in [-0.3, -0.25) is 9.69 Å². The molecule has 3 heterocycles. The van der Waals surface area contributed by atoms with Crippen LogP contribution in [0.4, 0.5) is 9.18 Å². The highest BCUT2D eigenvalue weighted by atomic mass is 19.1. The van der Waals surface area contributed by atoms with E-state index in [1.807, 2.05) is 38.1 Å². The zero-order valence-corrected chi connectivity index (χ0v) is 15.7. The summed E-state index contributed by atoms with van der Waals surface area (Å²) >= 11 is 0. The molecule has 0 aliphatic carbocycles. The molecular weight excluding hydrogens is 357 g/mol. The van der Waals surface area contributed by atoms with Crippen molar-refractivity contribution in [2.75, 3.05) is 0 Å². The highest BCUT2D eigenvalue weighted by Gasteiger charge is 2.55. The molecule has 0 bridgehead atoms. The first-order valence-electron chi connectivity index (χ1n) is 9.37. The number of aromatic amines is 1. The van der Waals surface area contributed by atoms with Crippen molar-refractivity contribution < 1.29 is 14.0 Å². The van der Waals surface area contributed by atoms with E-state index in [9.17, 15) is 14.0 Å². The molecule has 28 heavy (non-hydrogen) atoms. The summed E-state index contributed by atoms with van der Waals surface area (Å²) in [6.45, 7) is 3.85. The predicted molar refractivity (Wildman–Crippen MR) is 103 cm³/mol. The van der Waals surface area contributed by atoms with Gasteiger partial charge in [-0.25, -0.2) is 9.18 Å². The summed E-state index contributed by atoms with van der Waals surface area (Å²) in [5.74, 6) is -0.680. The maximum absolute atomic E-state index is 14.1. The van der Waals surface area contributed by atoms with Crippen LogP contribution in [0.2, 0.25) is 0 Å². The molecule has 5 nitrogen and oxygen atoms in total. The van der Waals surface area contributed by atoms with Gasteiger partial charge in [-0.1, -0.05) is 36.4 Å². The topological polar surface area (TPSA) is 56.4 Å². The zero-order chi connectivity index (χ0) is 19.6. The molecule has 2 aliphatic heterocycles. The molecule has 0 spiro atoms. The Morgan fingerprint density at radius 1 is 1.11 bits per heavy atom. The Kier molecular flexibility index (Phi) is 3.44. The van der Waals surface area contributed by atoms with E-state index in [0.717, 1.165) is 22.2 Å². The number of urea groups is 1. The second kappa shape index (κ2) is 5.67. The van der Waals surface area contributed by atoms with Gasteiger partial charge in [-0.15, -0.1) is 0 Å². The fourth-order valence-electron chi connectivity index (χ4n) is 4.65. The molecule has 1 atom stereocenters. The molecule has 1 fully saturated rings. The van der Waals surface area contributed by atoms with Gasteiger partial charge in [0.05, 0.1) is 12.1 Å². The number of rotatable bonds is 2. The second-order valence-corrected chi connectivity index (χ2v) is 7.97. The third-order valence-corrected chi connectivity index (χ3v) is 6.01. The Labute approximate surface area is 161 Å². The number of halogens is 1. The lowest BCUT2D eigenvalue weighted by atomic mass is 9.85. The summed E-state index contributed by atoms with van der Waals surface area (Å²) in [4.78, 5) is 32.6. The lowest BCUT2D eigenvalue weighted by Crippen LogP contribution is -2.52. The van der Waals surface area contributed by atoms with Gasteiger partial charge >= 0.3 is 6.03 Å². The molecule has 3 amide bonds. The van der Waals surface area contributed by atoms with Gasteiger partial charge in [-0.2, -0.15) is 0 Å². The fraction of sp³-hybridized carbons (Fsp3) is 0.273. The number of amides is 3. The number of fused-ring (bicyclic) bond motifs is 4. The molecule has 6 heteroatoms. The first-order chi connectivity index (χ1) is 13.4. The number of benzene rings is 2. The van der Waals surface area contributed by atoms with Crippen molar-refractivity contribution in [3.05, 3.63) is 71.2 Å². The highest BCUT2D eigenvalue weighted by Crippen LogP contribution is 2.44. The van der Waals surface area contributed by atoms with E-state index in [-0.39, 0.29) is 18.5 Å². The smallest absolute Gasteiger partial charge is 0.328 e. The van der Waals surface area contributed by atoms with Crippen LogP contribution in [0, 0.1) is 5.82 Å². The summed E-state index contributed by atoms with van der Waals surface area (Å²) in [7, 11) is 0. The lowest BCUT2D eigenvalue weighted by molar-refractivity contribution is -0.129. The second-order valence-electron chi connectivity index (χ2n) is 7.97. The van der Waals surface area contributed by atoms with Crippen LogP contribution in [0.3, 0.4) is 0 Å². The Balaban J connectivity index is 1.57. The SMILES string of the molecule is CC1(C)c2[nH]c3ccccc3c2C[C@@H]2C(=O)N(Cc3ccccc3F)C(=O)N21. The van der Waals surface area contributed by atoms with E-state index in [4.69, 9.17) is 0 Å². The van der Waals surface area contributed by atoms with E-state index in [2.05, 4.69) is 4.98 Å². The molecule has 1 aromatic heterocycles. The first kappa shape index (κ1) is 17.0. The predicted octanol–water partition coefficient (Wildman–Crippen LogP) is 3.93. The number of para-hydroxylation sites is 1. The summed E-state index contributed by atoms with van der Waals surface area (Å²) in [5.41, 5.74) is 2.71. The first-order valence-corrected chi connectivity index (χ1v) is 9.37. The van der Waals surface area contributed by atoms with Crippen LogP contribution in [0.15, 0.2) is 48.5 Å². The highest BCUT2D eigenvalue weighted by molar-refractivity contribution is 6.05. The van der Waals surface area contributed by atoms with Gasteiger partial charge < -0.3 is 9.88 Å².